The summed E-state index contributed by atoms with van der Waals surface area (Å²) in [5.41, 5.74) is 2.51. The number of fused-ring (bicyclic) bond motifs is 4. The van der Waals surface area contributed by atoms with E-state index in [-0.39, 0.29) is 36.3 Å². The minimum absolute atomic E-state index is 0.0656. The number of allylic oxidation sites excluding steroid dienone is 1. The van der Waals surface area contributed by atoms with Crippen molar-refractivity contribution < 1.29 is 28.5 Å². The molecule has 3 heterocycles. The lowest BCUT2D eigenvalue weighted by Gasteiger charge is -2.20. The highest BCUT2D eigenvalue weighted by molar-refractivity contribution is 5.95. The van der Waals surface area contributed by atoms with Crippen LogP contribution in [-0.2, 0) is 19.0 Å². The van der Waals surface area contributed by atoms with Gasteiger partial charge in [0.05, 0.1) is 12.7 Å². The number of carbonyl (C=O) groups excluding carboxylic acids is 2. The average Bonchev–Trinajstić information content (AvgIpc) is 3.13. The average molecular weight is 437 g/mol. The Morgan fingerprint density at radius 3 is 3.00 bits per heavy atom. The molecule has 4 atom stereocenters. The number of carbonyl (C=O) groups is 2. The summed E-state index contributed by atoms with van der Waals surface area (Å²) < 4.78 is 22.4. The van der Waals surface area contributed by atoms with Gasteiger partial charge < -0.3 is 23.9 Å². The number of esters is 2. The fourth-order valence-corrected chi connectivity index (χ4v) is 4.83. The predicted molar refractivity (Wildman–Crippen MR) is 117 cm³/mol. The van der Waals surface area contributed by atoms with E-state index in [1.54, 1.807) is 13.2 Å². The number of nitrogens with one attached hydrogen (secondary N) is 1. The van der Waals surface area contributed by atoms with Crippen LogP contribution < -0.4 is 4.74 Å². The van der Waals surface area contributed by atoms with Crippen LogP contribution in [0.2, 0.25) is 0 Å². The summed E-state index contributed by atoms with van der Waals surface area (Å²) in [5.74, 6) is -0.0787. The van der Waals surface area contributed by atoms with Crippen molar-refractivity contribution >= 4 is 22.8 Å². The Labute approximate surface area is 186 Å². The van der Waals surface area contributed by atoms with Crippen LogP contribution in [0.4, 0.5) is 0 Å². The number of aromatic nitrogens is 1. The van der Waals surface area contributed by atoms with Crippen molar-refractivity contribution in [2.24, 2.45) is 5.92 Å². The Hall–Kier alpha value is -3.06. The first-order chi connectivity index (χ1) is 15.4. The van der Waals surface area contributed by atoms with E-state index in [4.69, 9.17) is 18.9 Å². The lowest BCUT2D eigenvalue weighted by Crippen LogP contribution is -2.29. The van der Waals surface area contributed by atoms with Crippen LogP contribution >= 0.6 is 0 Å². The van der Waals surface area contributed by atoms with Crippen LogP contribution in [0.5, 0.6) is 5.75 Å². The van der Waals surface area contributed by atoms with Crippen LogP contribution in [0.25, 0.3) is 10.9 Å². The number of hydrogen-bond acceptors (Lipinski definition) is 6. The fraction of sp³-hybridized carbons (Fsp3) is 0.440. The maximum atomic E-state index is 12.7. The third-order valence-electron chi connectivity index (χ3n) is 6.88. The second-order valence-corrected chi connectivity index (χ2v) is 9.00. The van der Waals surface area contributed by atoms with Crippen LogP contribution in [0, 0.1) is 5.92 Å². The highest BCUT2D eigenvalue weighted by atomic mass is 16.6. The molecule has 168 valence electrons. The van der Waals surface area contributed by atoms with E-state index < -0.39 is 5.97 Å². The van der Waals surface area contributed by atoms with E-state index in [0.717, 1.165) is 35.1 Å². The molecule has 2 aliphatic heterocycles. The monoisotopic (exact) mass is 437 g/mol. The largest absolute Gasteiger partial charge is 0.497 e. The first kappa shape index (κ1) is 20.8. The topological polar surface area (TPSA) is 90.2 Å². The third-order valence-corrected chi connectivity index (χ3v) is 6.88. The Morgan fingerprint density at radius 1 is 1.34 bits per heavy atom. The van der Waals surface area contributed by atoms with Crippen molar-refractivity contribution in [1.29, 1.82) is 0 Å². The highest BCUT2D eigenvalue weighted by Gasteiger charge is 2.61. The molecule has 0 saturated carbocycles. The summed E-state index contributed by atoms with van der Waals surface area (Å²) >= 11 is 0. The van der Waals surface area contributed by atoms with Gasteiger partial charge in [0.2, 0.25) is 0 Å². The van der Waals surface area contributed by atoms with Gasteiger partial charge in [-0.25, -0.2) is 9.59 Å². The number of aromatic amines is 1. The molecular formula is C25H27NO6. The first-order valence-corrected chi connectivity index (χ1v) is 11.0. The van der Waals surface area contributed by atoms with Gasteiger partial charge >= 0.3 is 11.9 Å². The van der Waals surface area contributed by atoms with Crippen LogP contribution in [-0.4, -0.2) is 48.4 Å². The number of methoxy groups -OCH3 is 1. The second-order valence-electron chi connectivity index (χ2n) is 9.00. The van der Waals surface area contributed by atoms with Gasteiger partial charge in [-0.05, 0) is 62.4 Å². The zero-order valence-corrected chi connectivity index (χ0v) is 18.3. The van der Waals surface area contributed by atoms with E-state index in [0.29, 0.717) is 24.1 Å². The zero-order chi connectivity index (χ0) is 22.5. The summed E-state index contributed by atoms with van der Waals surface area (Å²) in [6.07, 6.45) is 4.85. The smallest absolute Gasteiger partial charge is 0.355 e. The number of hydrogen-bond donors (Lipinski definition) is 1. The molecule has 1 aromatic heterocycles. The van der Waals surface area contributed by atoms with E-state index in [1.807, 2.05) is 18.2 Å². The molecule has 2 saturated heterocycles. The summed E-state index contributed by atoms with van der Waals surface area (Å²) in [6.45, 7) is 6.21. The molecule has 0 unspecified atom stereocenters. The van der Waals surface area contributed by atoms with Gasteiger partial charge in [0.15, 0.2) is 0 Å². The highest BCUT2D eigenvalue weighted by Crippen LogP contribution is 2.49. The van der Waals surface area contributed by atoms with Crippen LogP contribution in [0.15, 0.2) is 48.1 Å². The van der Waals surface area contributed by atoms with Gasteiger partial charge in [-0.1, -0.05) is 12.7 Å². The molecule has 0 amide bonds. The van der Waals surface area contributed by atoms with Crippen LogP contribution in [0.3, 0.4) is 0 Å². The molecule has 0 bridgehead atoms. The van der Waals surface area contributed by atoms with E-state index in [9.17, 15) is 9.59 Å². The van der Waals surface area contributed by atoms with Crippen molar-refractivity contribution in [2.75, 3.05) is 13.7 Å². The lowest BCUT2D eigenvalue weighted by molar-refractivity contribution is -0.140. The number of epoxide rings is 1. The minimum Gasteiger partial charge on any atom is -0.497 e. The van der Waals surface area contributed by atoms with Gasteiger partial charge in [0, 0.05) is 22.4 Å². The molecule has 7 heteroatoms. The quantitative estimate of drug-likeness (QED) is 0.335. The van der Waals surface area contributed by atoms with Gasteiger partial charge in [0.1, 0.15) is 30.3 Å². The van der Waals surface area contributed by atoms with Crippen LogP contribution in [0.1, 0.15) is 43.1 Å². The summed E-state index contributed by atoms with van der Waals surface area (Å²) in [7, 11) is 1.61. The summed E-state index contributed by atoms with van der Waals surface area (Å²) in [4.78, 5) is 27.9. The second kappa shape index (κ2) is 7.81. The minimum atomic E-state index is -0.405. The number of rotatable bonds is 4. The van der Waals surface area contributed by atoms with E-state index in [2.05, 4.69) is 24.6 Å². The molecule has 2 aromatic rings. The van der Waals surface area contributed by atoms with Gasteiger partial charge in [-0.3, -0.25) is 0 Å². The normalized spacial score (nSPS) is 31.2. The maximum absolute atomic E-state index is 12.7. The Balaban J connectivity index is 1.27. The molecule has 2 fully saturated rings. The number of ether oxygens (including phenoxy) is 4. The van der Waals surface area contributed by atoms with E-state index >= 15 is 0 Å². The molecule has 0 spiro atoms. The molecule has 5 rings (SSSR count). The van der Waals surface area contributed by atoms with Gasteiger partial charge in [-0.15, -0.1) is 0 Å². The molecular weight excluding hydrogens is 410 g/mol. The van der Waals surface area contributed by atoms with Crippen molar-refractivity contribution in [3.05, 3.63) is 53.8 Å². The molecule has 32 heavy (non-hydrogen) atoms. The lowest BCUT2D eigenvalue weighted by atomic mass is 9.84. The SMILES string of the molecule is C=C1C(=O)O[C@@H]2[C@H]3O[C@]3(C)CC/C=C(/COC(=O)c3cc4cc(OC)ccc4[nH]3)CC[C@@H]12. The van der Waals surface area contributed by atoms with Crippen molar-refractivity contribution in [3.8, 4) is 5.75 Å². The number of H-pyrrole nitrogens is 1. The molecule has 1 aromatic carbocycles. The standard InChI is InChI=1S/C25H27NO6/c1-14-18-8-6-15(5-4-10-25(2)22(32-25)21(18)31-23(14)27)13-30-24(28)20-12-16-11-17(29-3)7-9-19(16)26-20/h5,7,9,11-12,18,21-22,26H,1,4,6,8,10,13H2,2-3H3/b15-5+/t18-,21-,22+,25+/m0/s1. The number of benzene rings is 1. The molecule has 0 radical (unpaired) electrons. The Kier molecular flexibility index (Phi) is 5.08. The Morgan fingerprint density at radius 2 is 2.19 bits per heavy atom. The van der Waals surface area contributed by atoms with Gasteiger partial charge in [-0.2, -0.15) is 0 Å². The maximum Gasteiger partial charge on any atom is 0.355 e. The van der Waals surface area contributed by atoms with Crippen molar-refractivity contribution in [2.45, 2.75) is 50.4 Å². The predicted octanol–water partition coefficient (Wildman–Crippen LogP) is 4.09. The van der Waals surface area contributed by atoms with E-state index in [1.165, 1.54) is 0 Å². The third kappa shape index (κ3) is 3.71. The first-order valence-electron chi connectivity index (χ1n) is 11.0. The molecule has 3 aliphatic rings. The summed E-state index contributed by atoms with van der Waals surface area (Å²) in [5, 5.41) is 0.886. The van der Waals surface area contributed by atoms with Gasteiger partial charge in [0.25, 0.3) is 0 Å². The summed E-state index contributed by atoms with van der Waals surface area (Å²) in [6, 6.07) is 7.35. The zero-order valence-electron chi connectivity index (χ0n) is 18.3. The molecule has 1 N–H and O–H groups in total. The van der Waals surface area contributed by atoms with Crippen molar-refractivity contribution in [1.82, 2.24) is 4.98 Å². The molecule has 7 nitrogen and oxygen atoms in total. The van der Waals surface area contributed by atoms with Crippen molar-refractivity contribution in [3.63, 3.8) is 0 Å². The Bertz CT molecular complexity index is 1130. The fourth-order valence-electron chi connectivity index (χ4n) is 4.83. The molecule has 1 aliphatic carbocycles.